The van der Waals surface area contributed by atoms with Gasteiger partial charge < -0.3 is 4.74 Å². The average molecular weight is 208 g/mol. The lowest BCUT2D eigenvalue weighted by Gasteiger charge is -2.17. The molecule has 0 aromatic heterocycles. The predicted molar refractivity (Wildman–Crippen MR) is 58.3 cm³/mol. The van der Waals surface area contributed by atoms with Crippen molar-refractivity contribution in [2.45, 2.75) is 38.7 Å². The van der Waals surface area contributed by atoms with Crippen LogP contribution < -0.4 is 0 Å². The monoisotopic (exact) mass is 208 g/mol. The summed E-state index contributed by atoms with van der Waals surface area (Å²) in [6, 6.07) is 5.36. The maximum Gasteiger partial charge on any atom is 0.129 e. The molecule has 0 amide bonds. The van der Waals surface area contributed by atoms with Crippen LogP contribution in [0.2, 0.25) is 0 Å². The van der Waals surface area contributed by atoms with Gasteiger partial charge in [-0.15, -0.1) is 0 Å². The number of halogens is 1. The van der Waals surface area contributed by atoms with Crippen molar-refractivity contribution < 1.29 is 9.13 Å². The lowest BCUT2D eigenvalue weighted by atomic mass is 9.97. The van der Waals surface area contributed by atoms with Gasteiger partial charge in [0.15, 0.2) is 0 Å². The van der Waals surface area contributed by atoms with Gasteiger partial charge in [0.2, 0.25) is 0 Å². The van der Waals surface area contributed by atoms with Gasteiger partial charge in [-0.3, -0.25) is 0 Å². The normalized spacial score (nSPS) is 20.8. The van der Waals surface area contributed by atoms with Gasteiger partial charge in [0.05, 0.1) is 6.10 Å². The molecule has 1 aromatic carbocycles. The summed E-state index contributed by atoms with van der Waals surface area (Å²) in [5.74, 6) is -0.104. The van der Waals surface area contributed by atoms with Gasteiger partial charge in [0, 0.05) is 12.2 Å². The Balaban J connectivity index is 2.37. The van der Waals surface area contributed by atoms with Crippen LogP contribution in [0.15, 0.2) is 18.2 Å². The van der Waals surface area contributed by atoms with E-state index in [1.54, 1.807) is 6.07 Å². The molecule has 1 aliphatic rings. The molecule has 0 saturated carbocycles. The first-order chi connectivity index (χ1) is 7.33. The Morgan fingerprint density at radius 3 is 3.13 bits per heavy atom. The standard InChI is InChI=1S/C13H17FO/c1-2-5-12-13-10(7-4-9-15-12)6-3-8-11(13)14/h3,6,8,12H,2,4-5,7,9H2,1H3/t12-/m0/s1. The number of hydrogen-bond acceptors (Lipinski definition) is 1. The zero-order valence-corrected chi connectivity index (χ0v) is 9.13. The van der Waals surface area contributed by atoms with E-state index in [0.717, 1.165) is 43.4 Å². The SMILES string of the molecule is CCC[C@@H]1OCCCc2cccc(F)c21. The number of benzene rings is 1. The highest BCUT2D eigenvalue weighted by Crippen LogP contribution is 2.31. The molecule has 2 rings (SSSR count). The fourth-order valence-corrected chi connectivity index (χ4v) is 2.22. The van der Waals surface area contributed by atoms with E-state index in [2.05, 4.69) is 6.92 Å². The van der Waals surface area contributed by atoms with Gasteiger partial charge in [-0.2, -0.15) is 0 Å². The minimum Gasteiger partial charge on any atom is -0.373 e. The van der Waals surface area contributed by atoms with Gasteiger partial charge in [-0.25, -0.2) is 4.39 Å². The third kappa shape index (κ3) is 2.20. The summed E-state index contributed by atoms with van der Waals surface area (Å²) in [7, 11) is 0. The zero-order chi connectivity index (χ0) is 10.7. The zero-order valence-electron chi connectivity index (χ0n) is 9.13. The fraction of sp³-hybridized carbons (Fsp3) is 0.538. The molecule has 0 N–H and O–H groups in total. The van der Waals surface area contributed by atoms with Crippen LogP contribution in [0, 0.1) is 5.82 Å². The van der Waals surface area contributed by atoms with E-state index in [1.807, 2.05) is 6.07 Å². The van der Waals surface area contributed by atoms with Crippen molar-refractivity contribution in [2.75, 3.05) is 6.61 Å². The van der Waals surface area contributed by atoms with Crippen LogP contribution in [0.4, 0.5) is 4.39 Å². The molecule has 0 aliphatic carbocycles. The molecule has 1 nitrogen and oxygen atoms in total. The molecule has 1 aromatic rings. The molecule has 1 atom stereocenters. The minimum absolute atomic E-state index is 0.0336. The summed E-state index contributed by atoms with van der Waals surface area (Å²) in [6.07, 6.45) is 3.84. The van der Waals surface area contributed by atoms with E-state index in [9.17, 15) is 4.39 Å². The molecule has 15 heavy (non-hydrogen) atoms. The summed E-state index contributed by atoms with van der Waals surface area (Å²) in [5.41, 5.74) is 1.93. The van der Waals surface area contributed by atoms with Crippen LogP contribution in [-0.2, 0) is 11.2 Å². The second kappa shape index (κ2) is 4.75. The largest absolute Gasteiger partial charge is 0.373 e. The highest BCUT2D eigenvalue weighted by Gasteiger charge is 2.21. The molecular weight excluding hydrogens is 191 g/mol. The van der Waals surface area contributed by atoms with Crippen molar-refractivity contribution in [2.24, 2.45) is 0 Å². The lowest BCUT2D eigenvalue weighted by Crippen LogP contribution is -2.06. The van der Waals surface area contributed by atoms with E-state index in [0.29, 0.717) is 0 Å². The molecule has 0 bridgehead atoms. The van der Waals surface area contributed by atoms with Crippen LogP contribution in [0.3, 0.4) is 0 Å². The van der Waals surface area contributed by atoms with Crippen LogP contribution in [0.1, 0.15) is 43.4 Å². The Kier molecular flexibility index (Phi) is 3.37. The van der Waals surface area contributed by atoms with E-state index < -0.39 is 0 Å². The summed E-state index contributed by atoms with van der Waals surface area (Å²) < 4.78 is 19.5. The first kappa shape index (κ1) is 10.6. The quantitative estimate of drug-likeness (QED) is 0.721. The third-order valence-electron chi connectivity index (χ3n) is 2.93. The molecule has 2 heteroatoms. The van der Waals surface area contributed by atoms with Crippen LogP contribution >= 0.6 is 0 Å². The molecule has 0 radical (unpaired) electrons. The number of fused-ring (bicyclic) bond motifs is 1. The van der Waals surface area contributed by atoms with Crippen molar-refractivity contribution >= 4 is 0 Å². The van der Waals surface area contributed by atoms with Crippen molar-refractivity contribution in [3.05, 3.63) is 35.1 Å². The lowest BCUT2D eigenvalue weighted by molar-refractivity contribution is 0.0478. The topological polar surface area (TPSA) is 9.23 Å². The number of aryl methyl sites for hydroxylation is 1. The molecule has 1 heterocycles. The second-order valence-corrected chi connectivity index (χ2v) is 4.06. The fourth-order valence-electron chi connectivity index (χ4n) is 2.22. The molecule has 0 spiro atoms. The van der Waals surface area contributed by atoms with Gasteiger partial charge in [-0.05, 0) is 30.9 Å². The van der Waals surface area contributed by atoms with Gasteiger partial charge >= 0.3 is 0 Å². The Morgan fingerprint density at radius 1 is 1.47 bits per heavy atom. The number of hydrogen-bond donors (Lipinski definition) is 0. The van der Waals surface area contributed by atoms with E-state index >= 15 is 0 Å². The summed E-state index contributed by atoms with van der Waals surface area (Å²) in [6.45, 7) is 2.85. The first-order valence-corrected chi connectivity index (χ1v) is 5.71. The molecule has 0 saturated heterocycles. The highest BCUT2D eigenvalue weighted by atomic mass is 19.1. The van der Waals surface area contributed by atoms with Crippen LogP contribution in [0.5, 0.6) is 0 Å². The number of ether oxygens (including phenoxy) is 1. The molecule has 1 aliphatic heterocycles. The smallest absolute Gasteiger partial charge is 0.129 e. The Labute approximate surface area is 90.3 Å². The molecule has 0 fully saturated rings. The van der Waals surface area contributed by atoms with Gasteiger partial charge in [0.1, 0.15) is 5.82 Å². The Hall–Kier alpha value is -0.890. The van der Waals surface area contributed by atoms with Crippen LogP contribution in [-0.4, -0.2) is 6.61 Å². The molecular formula is C13H17FO. The number of rotatable bonds is 2. The summed E-state index contributed by atoms with van der Waals surface area (Å²) >= 11 is 0. The van der Waals surface area contributed by atoms with Crippen molar-refractivity contribution in [3.8, 4) is 0 Å². The first-order valence-electron chi connectivity index (χ1n) is 5.71. The van der Waals surface area contributed by atoms with E-state index in [1.165, 1.54) is 6.07 Å². The van der Waals surface area contributed by atoms with Crippen LogP contribution in [0.25, 0.3) is 0 Å². The van der Waals surface area contributed by atoms with Crippen molar-refractivity contribution in [1.29, 1.82) is 0 Å². The average Bonchev–Trinajstić information content (AvgIpc) is 2.42. The minimum atomic E-state index is -0.104. The van der Waals surface area contributed by atoms with Crippen molar-refractivity contribution in [3.63, 3.8) is 0 Å². The Morgan fingerprint density at radius 2 is 2.33 bits per heavy atom. The maximum atomic E-state index is 13.7. The molecule has 0 unspecified atom stereocenters. The van der Waals surface area contributed by atoms with E-state index in [-0.39, 0.29) is 11.9 Å². The molecule has 82 valence electrons. The van der Waals surface area contributed by atoms with Gasteiger partial charge in [-0.1, -0.05) is 25.5 Å². The predicted octanol–water partition coefficient (Wildman–Crippen LogP) is 3.63. The summed E-state index contributed by atoms with van der Waals surface area (Å²) in [4.78, 5) is 0. The van der Waals surface area contributed by atoms with Crippen molar-refractivity contribution in [1.82, 2.24) is 0 Å². The van der Waals surface area contributed by atoms with E-state index in [4.69, 9.17) is 4.74 Å². The summed E-state index contributed by atoms with van der Waals surface area (Å²) in [5, 5.41) is 0. The Bertz CT molecular complexity index is 335. The maximum absolute atomic E-state index is 13.7. The second-order valence-electron chi connectivity index (χ2n) is 4.06. The third-order valence-corrected chi connectivity index (χ3v) is 2.93. The highest BCUT2D eigenvalue weighted by molar-refractivity contribution is 5.31. The van der Waals surface area contributed by atoms with Gasteiger partial charge in [0.25, 0.3) is 0 Å².